The minimum absolute atomic E-state index is 0.121. The zero-order valence-corrected chi connectivity index (χ0v) is 12.6. The number of hydrogen-bond donors (Lipinski definition) is 1. The van der Waals surface area contributed by atoms with Crippen molar-refractivity contribution in [2.75, 3.05) is 13.2 Å². The first-order valence-corrected chi connectivity index (χ1v) is 6.88. The molecule has 0 saturated carbocycles. The average Bonchev–Trinajstić information content (AvgIpc) is 2.40. The molecule has 0 radical (unpaired) electrons. The maximum atomic E-state index is 11.1. The van der Waals surface area contributed by atoms with Gasteiger partial charge < -0.3 is 24.1 Å². The van der Waals surface area contributed by atoms with E-state index in [0.717, 1.165) is 0 Å². The van der Waals surface area contributed by atoms with E-state index < -0.39 is 17.5 Å². The van der Waals surface area contributed by atoms with Crippen LogP contribution in [0.5, 0.6) is 11.5 Å². The fourth-order valence-electron chi connectivity index (χ4n) is 2.28. The van der Waals surface area contributed by atoms with Crippen LogP contribution >= 0.6 is 0 Å². The Morgan fingerprint density at radius 2 is 1.62 bits per heavy atom. The summed E-state index contributed by atoms with van der Waals surface area (Å²) in [6.07, 6.45) is 0. The van der Waals surface area contributed by atoms with Crippen LogP contribution < -0.4 is 9.47 Å². The number of ether oxygens (including phenoxy) is 4. The smallest absolute Gasteiger partial charge is 0.335 e. The molecule has 0 saturated heterocycles. The first-order chi connectivity index (χ1) is 9.85. The highest BCUT2D eigenvalue weighted by Gasteiger charge is 2.55. The summed E-state index contributed by atoms with van der Waals surface area (Å²) in [4.78, 5) is 11.1. The second-order valence-electron chi connectivity index (χ2n) is 4.93. The molecular formula is C15H20O6. The van der Waals surface area contributed by atoms with Crippen LogP contribution in [0.15, 0.2) is 18.2 Å². The van der Waals surface area contributed by atoms with E-state index in [2.05, 4.69) is 0 Å². The van der Waals surface area contributed by atoms with Crippen LogP contribution in [-0.4, -0.2) is 35.9 Å². The number of hydrogen-bond acceptors (Lipinski definition) is 5. The average molecular weight is 296 g/mol. The lowest BCUT2D eigenvalue weighted by atomic mass is 10.1. The van der Waals surface area contributed by atoms with Crippen molar-refractivity contribution in [1.82, 2.24) is 0 Å². The van der Waals surface area contributed by atoms with Gasteiger partial charge in [-0.2, -0.15) is 0 Å². The van der Waals surface area contributed by atoms with Gasteiger partial charge in [0.25, 0.3) is 11.6 Å². The van der Waals surface area contributed by atoms with Gasteiger partial charge in [0.15, 0.2) is 11.5 Å². The van der Waals surface area contributed by atoms with E-state index in [1.807, 2.05) is 13.8 Å². The number of benzene rings is 1. The second-order valence-corrected chi connectivity index (χ2v) is 4.93. The number of carboxylic acid groups (broad SMARTS) is 1. The molecule has 116 valence electrons. The van der Waals surface area contributed by atoms with Gasteiger partial charge in [0, 0.05) is 27.1 Å². The highest BCUT2D eigenvalue weighted by molar-refractivity contribution is 5.88. The van der Waals surface area contributed by atoms with Crippen LogP contribution in [-0.2, 0) is 9.47 Å². The van der Waals surface area contributed by atoms with Crippen LogP contribution in [0.1, 0.15) is 38.1 Å². The summed E-state index contributed by atoms with van der Waals surface area (Å²) in [5, 5.41) is 9.05. The number of rotatable bonds is 5. The normalized spacial score (nSPS) is 27.4. The zero-order valence-electron chi connectivity index (χ0n) is 12.6. The molecule has 6 nitrogen and oxygen atoms in total. The predicted octanol–water partition coefficient (Wildman–Crippen LogP) is 2.66. The molecule has 0 aromatic heterocycles. The van der Waals surface area contributed by atoms with Gasteiger partial charge in [0.05, 0.1) is 5.56 Å². The van der Waals surface area contributed by atoms with Crippen LogP contribution in [0.4, 0.5) is 0 Å². The van der Waals surface area contributed by atoms with Crippen molar-refractivity contribution in [3.8, 4) is 11.5 Å². The third-order valence-electron chi connectivity index (χ3n) is 3.46. The van der Waals surface area contributed by atoms with E-state index in [1.54, 1.807) is 19.9 Å². The molecule has 2 atom stereocenters. The second kappa shape index (κ2) is 5.54. The minimum Gasteiger partial charge on any atom is -0.478 e. The van der Waals surface area contributed by atoms with E-state index in [-0.39, 0.29) is 5.56 Å². The number of carboxylic acids is 1. The van der Waals surface area contributed by atoms with Crippen LogP contribution in [0, 0.1) is 0 Å². The molecule has 1 aliphatic rings. The summed E-state index contributed by atoms with van der Waals surface area (Å²) in [6.45, 7) is 7.96. The van der Waals surface area contributed by atoms with Gasteiger partial charge in [-0.3, -0.25) is 0 Å². The fourth-order valence-corrected chi connectivity index (χ4v) is 2.28. The molecule has 1 unspecified atom stereocenters. The van der Waals surface area contributed by atoms with Crippen molar-refractivity contribution in [3.05, 3.63) is 23.8 Å². The van der Waals surface area contributed by atoms with E-state index >= 15 is 0 Å². The summed E-state index contributed by atoms with van der Waals surface area (Å²) < 4.78 is 23.1. The van der Waals surface area contributed by atoms with Crippen LogP contribution in [0.25, 0.3) is 0 Å². The third kappa shape index (κ3) is 2.69. The van der Waals surface area contributed by atoms with Gasteiger partial charge in [-0.25, -0.2) is 4.79 Å². The Bertz CT molecular complexity index is 543. The molecule has 6 heteroatoms. The number of carbonyl (C=O) groups is 1. The van der Waals surface area contributed by atoms with E-state index in [9.17, 15) is 4.79 Å². The lowest BCUT2D eigenvalue weighted by molar-refractivity contribution is -0.357. The monoisotopic (exact) mass is 296 g/mol. The molecule has 0 spiro atoms. The van der Waals surface area contributed by atoms with Crippen molar-refractivity contribution in [1.29, 1.82) is 0 Å². The van der Waals surface area contributed by atoms with E-state index in [0.29, 0.717) is 24.7 Å². The highest BCUT2D eigenvalue weighted by Crippen LogP contribution is 2.44. The highest BCUT2D eigenvalue weighted by atomic mass is 16.8. The minimum atomic E-state index is -1.18. The van der Waals surface area contributed by atoms with Gasteiger partial charge in [-0.15, -0.1) is 0 Å². The molecule has 21 heavy (non-hydrogen) atoms. The first kappa shape index (κ1) is 15.6. The van der Waals surface area contributed by atoms with E-state index in [4.69, 9.17) is 24.1 Å². The van der Waals surface area contributed by atoms with Gasteiger partial charge in [-0.05, 0) is 32.0 Å². The molecule has 1 aromatic carbocycles. The van der Waals surface area contributed by atoms with Gasteiger partial charge in [0.1, 0.15) is 0 Å². The Morgan fingerprint density at radius 1 is 1.10 bits per heavy atom. The molecular weight excluding hydrogens is 276 g/mol. The molecule has 1 aromatic rings. The summed E-state index contributed by atoms with van der Waals surface area (Å²) in [6, 6.07) is 4.43. The van der Waals surface area contributed by atoms with Gasteiger partial charge >= 0.3 is 5.97 Å². The summed E-state index contributed by atoms with van der Waals surface area (Å²) in [5.41, 5.74) is 0.121. The molecule has 1 N–H and O–H groups in total. The Hall–Kier alpha value is -1.79. The molecule has 0 fully saturated rings. The van der Waals surface area contributed by atoms with E-state index in [1.165, 1.54) is 12.1 Å². The zero-order chi connectivity index (χ0) is 15.7. The quantitative estimate of drug-likeness (QED) is 0.900. The Labute approximate surface area is 123 Å². The molecule has 0 amide bonds. The lowest BCUT2D eigenvalue weighted by Gasteiger charge is -2.47. The number of fused-ring (bicyclic) bond motifs is 1. The first-order valence-electron chi connectivity index (χ1n) is 6.88. The SMILES string of the molecule is CCOC1(C)Oc2cc(C(=O)O)ccc2O[C@@]1(C)OCC. The molecule has 1 aliphatic heterocycles. The Kier molecular flexibility index (Phi) is 4.11. The maximum absolute atomic E-state index is 11.1. The predicted molar refractivity (Wildman–Crippen MR) is 74.7 cm³/mol. The van der Waals surface area contributed by atoms with Crippen molar-refractivity contribution in [3.63, 3.8) is 0 Å². The molecule has 1 heterocycles. The van der Waals surface area contributed by atoms with Crippen LogP contribution in [0.3, 0.4) is 0 Å². The maximum Gasteiger partial charge on any atom is 0.335 e. The summed E-state index contributed by atoms with van der Waals surface area (Å²) in [7, 11) is 0. The van der Waals surface area contributed by atoms with Crippen LogP contribution in [0.2, 0.25) is 0 Å². The van der Waals surface area contributed by atoms with Gasteiger partial charge in [-0.1, -0.05) is 0 Å². The summed E-state index contributed by atoms with van der Waals surface area (Å²) >= 11 is 0. The fraction of sp³-hybridized carbons (Fsp3) is 0.533. The van der Waals surface area contributed by atoms with Crippen molar-refractivity contribution >= 4 is 5.97 Å². The standard InChI is InChI=1S/C15H20O6/c1-5-18-14(3)15(4,19-6-2)21-12-9-10(13(16)17)7-8-11(12)20-14/h7-9H,5-6H2,1-4H3,(H,16,17)/t14-,15?/m1/s1. The largest absolute Gasteiger partial charge is 0.478 e. The van der Waals surface area contributed by atoms with Crippen molar-refractivity contribution < 1.29 is 28.8 Å². The molecule has 0 bridgehead atoms. The molecule has 0 aliphatic carbocycles. The topological polar surface area (TPSA) is 74.2 Å². The Morgan fingerprint density at radius 3 is 2.10 bits per heavy atom. The molecule has 2 rings (SSSR count). The van der Waals surface area contributed by atoms with Gasteiger partial charge in [0.2, 0.25) is 0 Å². The van der Waals surface area contributed by atoms with Crippen molar-refractivity contribution in [2.24, 2.45) is 0 Å². The lowest BCUT2D eigenvalue weighted by Crippen LogP contribution is -2.63. The number of aromatic carboxylic acids is 1. The third-order valence-corrected chi connectivity index (χ3v) is 3.46. The van der Waals surface area contributed by atoms with Crippen molar-refractivity contribution in [2.45, 2.75) is 39.3 Å². The Balaban J connectivity index is 2.44. The summed E-state index contributed by atoms with van der Waals surface area (Å²) in [5.74, 6) is -2.59.